The molecule has 0 aliphatic rings. The number of nitrogens with two attached hydrogens (primary N) is 2. The highest BCUT2D eigenvalue weighted by atomic mass is 15.5. The van der Waals surface area contributed by atoms with Gasteiger partial charge in [0.1, 0.15) is 0 Å². The number of benzene rings is 1. The monoisotopic (exact) mass is 177 g/mol. The number of rotatable bonds is 1. The molecule has 13 heavy (non-hydrogen) atoms. The van der Waals surface area contributed by atoms with E-state index in [4.69, 9.17) is 11.5 Å². The highest BCUT2D eigenvalue weighted by molar-refractivity contribution is 5.88. The molecule has 0 fully saturated rings. The van der Waals surface area contributed by atoms with Gasteiger partial charge in [-0.2, -0.15) is 9.89 Å². The molecule has 68 valence electrons. The molecule has 0 radical (unpaired) electrons. The van der Waals surface area contributed by atoms with Crippen molar-refractivity contribution in [3.05, 3.63) is 18.3 Å². The van der Waals surface area contributed by atoms with Crippen LogP contribution in [0.1, 0.15) is 0 Å². The third kappa shape index (κ3) is 1.05. The predicted molar refractivity (Wildman–Crippen MR) is 53.8 cm³/mol. The Morgan fingerprint density at radius 1 is 1.31 bits per heavy atom. The van der Waals surface area contributed by atoms with Crippen LogP contribution in [0.4, 0.5) is 11.4 Å². The van der Waals surface area contributed by atoms with Crippen molar-refractivity contribution < 1.29 is 0 Å². The first-order valence-electron chi connectivity index (χ1n) is 3.93. The van der Waals surface area contributed by atoms with Gasteiger partial charge in [0.05, 0.1) is 23.1 Å². The molecule has 5 N–H and O–H groups in total. The summed E-state index contributed by atoms with van der Waals surface area (Å²) < 4.78 is 0. The summed E-state index contributed by atoms with van der Waals surface area (Å²) in [5.41, 5.74) is 16.3. The molecule has 5 heteroatoms. The summed E-state index contributed by atoms with van der Waals surface area (Å²) in [4.78, 5) is 1.64. The number of hydrogen-bond donors (Lipinski definition) is 3. The molecule has 0 saturated carbocycles. The Hall–Kier alpha value is -1.91. The van der Waals surface area contributed by atoms with Gasteiger partial charge in [-0.15, -0.1) is 0 Å². The van der Waals surface area contributed by atoms with Crippen molar-refractivity contribution in [2.24, 2.45) is 0 Å². The van der Waals surface area contributed by atoms with E-state index < -0.39 is 0 Å². The zero-order valence-electron chi connectivity index (χ0n) is 7.28. The number of hydrogen-bond acceptors (Lipinski definition) is 4. The molecule has 0 aliphatic heterocycles. The number of nitrogen functional groups attached to an aromatic ring is 2. The smallest absolute Gasteiger partial charge is 0.0940 e. The Balaban J connectivity index is 2.77. The summed E-state index contributed by atoms with van der Waals surface area (Å²) in [6.07, 6.45) is 1.74. The van der Waals surface area contributed by atoms with E-state index in [1.807, 2.05) is 6.07 Å². The Labute approximate surface area is 75.3 Å². The number of anilines is 2. The fourth-order valence-electron chi connectivity index (χ4n) is 1.29. The van der Waals surface area contributed by atoms with E-state index >= 15 is 0 Å². The van der Waals surface area contributed by atoms with Gasteiger partial charge in [0.2, 0.25) is 0 Å². The van der Waals surface area contributed by atoms with E-state index in [2.05, 4.69) is 10.5 Å². The Bertz CT molecular complexity index is 445. The molecule has 0 bridgehead atoms. The third-order valence-electron chi connectivity index (χ3n) is 1.98. The molecule has 0 amide bonds. The second kappa shape index (κ2) is 2.55. The summed E-state index contributed by atoms with van der Waals surface area (Å²) in [5, 5.41) is 5.06. The van der Waals surface area contributed by atoms with Gasteiger partial charge in [0.15, 0.2) is 0 Å². The van der Waals surface area contributed by atoms with Crippen molar-refractivity contribution in [1.29, 1.82) is 0 Å². The maximum absolute atomic E-state index is 5.67. The van der Waals surface area contributed by atoms with Crippen molar-refractivity contribution in [2.45, 2.75) is 0 Å². The van der Waals surface area contributed by atoms with E-state index in [-0.39, 0.29) is 0 Å². The van der Waals surface area contributed by atoms with Crippen LogP contribution in [-0.4, -0.2) is 16.9 Å². The minimum absolute atomic E-state index is 0.574. The molecule has 1 aromatic heterocycles. The first kappa shape index (κ1) is 7.72. The van der Waals surface area contributed by atoms with Crippen LogP contribution in [0.3, 0.4) is 0 Å². The molecule has 0 atom stereocenters. The quantitative estimate of drug-likeness (QED) is 0.550. The second-order valence-corrected chi connectivity index (χ2v) is 2.82. The minimum Gasteiger partial charge on any atom is -0.397 e. The van der Waals surface area contributed by atoms with Crippen LogP contribution in [0.25, 0.3) is 10.9 Å². The number of fused-ring (bicyclic) bond motifs is 1. The zero-order chi connectivity index (χ0) is 9.42. The van der Waals surface area contributed by atoms with Crippen LogP contribution in [-0.2, 0) is 0 Å². The molecule has 0 saturated heterocycles. The van der Waals surface area contributed by atoms with Gasteiger partial charge in [0, 0.05) is 12.4 Å². The van der Waals surface area contributed by atoms with Crippen LogP contribution >= 0.6 is 0 Å². The van der Waals surface area contributed by atoms with Crippen LogP contribution in [0.15, 0.2) is 18.3 Å². The molecule has 0 unspecified atom stereocenters. The maximum atomic E-state index is 5.67. The van der Waals surface area contributed by atoms with E-state index in [1.165, 1.54) is 0 Å². The van der Waals surface area contributed by atoms with Crippen LogP contribution in [0.2, 0.25) is 0 Å². The molecule has 2 rings (SSSR count). The van der Waals surface area contributed by atoms with E-state index in [0.717, 1.165) is 10.9 Å². The average molecular weight is 177 g/mol. The summed E-state index contributed by atoms with van der Waals surface area (Å²) in [7, 11) is 1.79. The normalized spacial score (nSPS) is 10.5. The summed E-state index contributed by atoms with van der Waals surface area (Å²) in [5.74, 6) is 0. The zero-order valence-corrected chi connectivity index (χ0v) is 7.28. The molecule has 2 aromatic rings. The van der Waals surface area contributed by atoms with Gasteiger partial charge in [0.25, 0.3) is 0 Å². The van der Waals surface area contributed by atoms with Gasteiger partial charge in [-0.3, -0.25) is 0 Å². The van der Waals surface area contributed by atoms with E-state index in [0.29, 0.717) is 11.4 Å². The molecular formula is C8H11N5. The summed E-state index contributed by atoms with van der Waals surface area (Å²) in [6, 6.07) is 3.61. The first-order chi connectivity index (χ1) is 6.22. The first-order valence-corrected chi connectivity index (χ1v) is 3.93. The van der Waals surface area contributed by atoms with Gasteiger partial charge in [-0.05, 0) is 12.1 Å². The molecule has 1 heterocycles. The molecular weight excluding hydrogens is 166 g/mol. The predicted octanol–water partition coefficient (Wildman–Crippen LogP) is 0.374. The molecule has 0 aliphatic carbocycles. The van der Waals surface area contributed by atoms with E-state index in [1.54, 1.807) is 24.1 Å². The standard InChI is InChI=1S/C8H11N5/c1-11-13-8-3-7(10)6(9)2-5(8)4-12-13/h2-4,11H,9-10H2,1H3. The molecule has 5 nitrogen and oxygen atoms in total. The van der Waals surface area contributed by atoms with E-state index in [9.17, 15) is 0 Å². The van der Waals surface area contributed by atoms with Crippen molar-refractivity contribution >= 4 is 22.3 Å². The van der Waals surface area contributed by atoms with Gasteiger partial charge in [-0.25, -0.2) is 0 Å². The maximum Gasteiger partial charge on any atom is 0.0940 e. The average Bonchev–Trinajstić information content (AvgIpc) is 2.48. The second-order valence-electron chi connectivity index (χ2n) is 2.82. The lowest BCUT2D eigenvalue weighted by Gasteiger charge is -2.03. The molecule has 0 spiro atoms. The van der Waals surface area contributed by atoms with Gasteiger partial charge < -0.3 is 16.9 Å². The van der Waals surface area contributed by atoms with Crippen molar-refractivity contribution in [3.63, 3.8) is 0 Å². The summed E-state index contributed by atoms with van der Waals surface area (Å²) in [6.45, 7) is 0. The lowest BCUT2D eigenvalue weighted by Crippen LogP contribution is -2.09. The Morgan fingerprint density at radius 3 is 2.69 bits per heavy atom. The highest BCUT2D eigenvalue weighted by Crippen LogP contribution is 2.22. The largest absolute Gasteiger partial charge is 0.397 e. The minimum atomic E-state index is 0.574. The fraction of sp³-hybridized carbons (Fsp3) is 0.125. The van der Waals surface area contributed by atoms with Crippen molar-refractivity contribution in [2.75, 3.05) is 23.9 Å². The van der Waals surface area contributed by atoms with Gasteiger partial charge in [-0.1, -0.05) is 0 Å². The summed E-state index contributed by atoms with van der Waals surface area (Å²) >= 11 is 0. The van der Waals surface area contributed by atoms with Crippen molar-refractivity contribution in [3.8, 4) is 0 Å². The number of nitrogens with one attached hydrogen (secondary N) is 1. The van der Waals surface area contributed by atoms with Crippen LogP contribution in [0.5, 0.6) is 0 Å². The van der Waals surface area contributed by atoms with Crippen molar-refractivity contribution in [1.82, 2.24) is 9.89 Å². The number of aromatic nitrogens is 2. The topological polar surface area (TPSA) is 81.9 Å². The highest BCUT2D eigenvalue weighted by Gasteiger charge is 2.03. The lowest BCUT2D eigenvalue weighted by atomic mass is 10.2. The fourth-order valence-corrected chi connectivity index (χ4v) is 1.29. The molecule has 1 aromatic carbocycles. The van der Waals surface area contributed by atoms with Crippen LogP contribution in [0, 0.1) is 0 Å². The third-order valence-corrected chi connectivity index (χ3v) is 1.98. The van der Waals surface area contributed by atoms with Crippen LogP contribution < -0.4 is 16.9 Å². The Kier molecular flexibility index (Phi) is 1.51. The Morgan fingerprint density at radius 2 is 2.00 bits per heavy atom. The number of nitrogens with zero attached hydrogens (tertiary/aromatic N) is 2. The lowest BCUT2D eigenvalue weighted by molar-refractivity contribution is 0.810. The van der Waals surface area contributed by atoms with Gasteiger partial charge >= 0.3 is 0 Å². The SMILES string of the molecule is CNn1ncc2cc(N)c(N)cc21.